The normalized spacial score (nSPS) is 16.6. The van der Waals surface area contributed by atoms with Gasteiger partial charge in [-0.25, -0.2) is 0 Å². The lowest BCUT2D eigenvalue weighted by Gasteiger charge is -2.10. The molecule has 3 heteroatoms. The molecule has 1 heterocycles. The summed E-state index contributed by atoms with van der Waals surface area (Å²) in [5.41, 5.74) is 2.20. The van der Waals surface area contributed by atoms with Gasteiger partial charge in [-0.1, -0.05) is 30.4 Å². The van der Waals surface area contributed by atoms with Crippen LogP contribution in [0.2, 0.25) is 0 Å². The van der Waals surface area contributed by atoms with Crippen LogP contribution in [0.25, 0.3) is 12.2 Å². The maximum atomic E-state index is 8.45. The molecule has 0 saturated carbocycles. The molecule has 0 bridgehead atoms. The van der Waals surface area contributed by atoms with Gasteiger partial charge in [0.25, 0.3) is 0 Å². The van der Waals surface area contributed by atoms with Gasteiger partial charge in [-0.2, -0.15) is 0 Å². The maximum Gasteiger partial charge on any atom is 0.119 e. The number of rotatable bonds is 1. The van der Waals surface area contributed by atoms with Crippen molar-refractivity contribution in [2.24, 2.45) is 0 Å². The monoisotopic (exact) mass is 255 g/mol. The van der Waals surface area contributed by atoms with Crippen molar-refractivity contribution in [3.63, 3.8) is 0 Å². The zero-order valence-electron chi connectivity index (χ0n) is 10.0. The minimum Gasteiger partial charge on any atom is -0.497 e. The molecule has 0 fully saturated rings. The minimum absolute atomic E-state index is 0.636. The lowest BCUT2D eigenvalue weighted by molar-refractivity contribution is 0.414. The average molecular weight is 255 g/mol. The van der Waals surface area contributed by atoms with E-state index < -0.39 is 10.7 Å². The van der Waals surface area contributed by atoms with Gasteiger partial charge < -0.3 is 4.74 Å². The fourth-order valence-corrected chi connectivity index (χ4v) is 3.46. The number of benzene rings is 2. The van der Waals surface area contributed by atoms with Crippen molar-refractivity contribution < 1.29 is 4.74 Å². The van der Waals surface area contributed by atoms with Crippen molar-refractivity contribution in [1.82, 2.24) is 0 Å². The van der Waals surface area contributed by atoms with Gasteiger partial charge in [0.05, 0.1) is 7.11 Å². The molecule has 90 valence electrons. The van der Waals surface area contributed by atoms with E-state index in [0.717, 1.165) is 26.7 Å². The fourth-order valence-electron chi connectivity index (χ4n) is 2.07. The average Bonchev–Trinajstić information content (AvgIpc) is 2.57. The summed E-state index contributed by atoms with van der Waals surface area (Å²) in [5, 5.41) is 0. The Morgan fingerprint density at radius 2 is 1.67 bits per heavy atom. The van der Waals surface area contributed by atoms with Crippen LogP contribution in [0.5, 0.6) is 5.75 Å². The zero-order chi connectivity index (χ0) is 12.5. The smallest absolute Gasteiger partial charge is 0.119 e. The second-order valence-electron chi connectivity index (χ2n) is 4.08. The third-order valence-corrected chi connectivity index (χ3v) is 4.64. The Morgan fingerprint density at radius 3 is 2.50 bits per heavy atom. The number of hydrogen-bond donors (Lipinski definition) is 1. The second kappa shape index (κ2) is 4.42. The summed E-state index contributed by atoms with van der Waals surface area (Å²) in [6, 6.07) is 14.0. The molecule has 2 aromatic rings. The molecule has 2 nitrogen and oxygen atoms in total. The molecular formula is C15H13NOS. The predicted octanol–water partition coefficient (Wildman–Crippen LogP) is 3.98. The van der Waals surface area contributed by atoms with Gasteiger partial charge in [0.2, 0.25) is 0 Å². The van der Waals surface area contributed by atoms with Crippen LogP contribution in [0.1, 0.15) is 11.1 Å². The van der Waals surface area contributed by atoms with Crippen molar-refractivity contribution in [1.29, 1.82) is 4.78 Å². The zero-order valence-corrected chi connectivity index (χ0v) is 10.8. The van der Waals surface area contributed by atoms with Crippen LogP contribution in [0, 0.1) is 4.78 Å². The van der Waals surface area contributed by atoms with E-state index in [4.69, 9.17) is 9.52 Å². The lowest BCUT2D eigenvalue weighted by atomic mass is 10.1. The van der Waals surface area contributed by atoms with Crippen molar-refractivity contribution in [2.45, 2.75) is 9.79 Å². The molecule has 1 aliphatic rings. The van der Waals surface area contributed by atoms with E-state index in [1.807, 2.05) is 36.4 Å². The van der Waals surface area contributed by atoms with Crippen LogP contribution in [0.4, 0.5) is 0 Å². The Balaban J connectivity index is 2.22. The van der Waals surface area contributed by atoms with Gasteiger partial charge in [-0.3, -0.25) is 4.78 Å². The van der Waals surface area contributed by atoms with Gasteiger partial charge in [0, 0.05) is 9.79 Å². The van der Waals surface area contributed by atoms with Gasteiger partial charge in [-0.15, -0.1) is 0 Å². The number of hydrogen-bond acceptors (Lipinski definition) is 2. The Kier molecular flexibility index (Phi) is 2.76. The second-order valence-corrected chi connectivity index (χ2v) is 5.57. The maximum absolute atomic E-state index is 8.45. The Hall–Kier alpha value is -1.87. The molecule has 0 radical (unpaired) electrons. The summed E-state index contributed by atoms with van der Waals surface area (Å²) in [7, 11) is 1.03. The van der Waals surface area contributed by atoms with Crippen LogP contribution in [-0.4, -0.2) is 7.11 Å². The topological polar surface area (TPSA) is 33.1 Å². The first-order chi connectivity index (χ1) is 8.79. The molecule has 1 aliphatic heterocycles. The molecule has 0 aliphatic carbocycles. The third-order valence-electron chi connectivity index (χ3n) is 3.02. The van der Waals surface area contributed by atoms with Gasteiger partial charge in [0.1, 0.15) is 5.75 Å². The molecule has 0 aromatic heterocycles. The molecule has 0 spiro atoms. The van der Waals surface area contributed by atoms with Crippen LogP contribution in [-0.2, 0) is 10.7 Å². The van der Waals surface area contributed by atoms with Gasteiger partial charge in [-0.05, 0) is 46.1 Å². The van der Waals surface area contributed by atoms with E-state index in [9.17, 15) is 0 Å². The Bertz CT molecular complexity index is 661. The summed E-state index contributed by atoms with van der Waals surface area (Å²) < 4.78 is 13.7. The van der Waals surface area contributed by atoms with Gasteiger partial charge in [0.15, 0.2) is 0 Å². The summed E-state index contributed by atoms with van der Waals surface area (Å²) in [6.45, 7) is 0. The highest BCUT2D eigenvalue weighted by Crippen LogP contribution is 2.31. The van der Waals surface area contributed by atoms with Crippen LogP contribution >= 0.6 is 0 Å². The summed E-state index contributed by atoms with van der Waals surface area (Å²) in [4.78, 5) is 2.13. The van der Waals surface area contributed by atoms with E-state index in [0.29, 0.717) is 0 Å². The first-order valence-electron chi connectivity index (χ1n) is 5.70. The standard InChI is InChI=1S/C15H13NOS/c1-17-13-8-9-15-12(10-13)7-6-11-4-2-3-5-14(11)18(15)16/h2-10,16H,1H3. The SMILES string of the molecule is COc1ccc2c(c1)C=Cc1ccccc1S2=N. The summed E-state index contributed by atoms with van der Waals surface area (Å²) in [6.07, 6.45) is 4.15. The fraction of sp³-hybridized carbons (Fsp3) is 0.0667. The number of ether oxygens (including phenoxy) is 1. The van der Waals surface area contributed by atoms with E-state index in [1.165, 1.54) is 0 Å². The van der Waals surface area contributed by atoms with E-state index in [-0.39, 0.29) is 0 Å². The lowest BCUT2D eigenvalue weighted by Crippen LogP contribution is -1.95. The largest absolute Gasteiger partial charge is 0.497 e. The van der Waals surface area contributed by atoms with E-state index >= 15 is 0 Å². The van der Waals surface area contributed by atoms with Crippen molar-refractivity contribution in [3.8, 4) is 5.75 Å². The van der Waals surface area contributed by atoms with Crippen LogP contribution < -0.4 is 4.74 Å². The van der Waals surface area contributed by atoms with Crippen molar-refractivity contribution in [3.05, 3.63) is 53.6 Å². The molecule has 0 amide bonds. The number of fused-ring (bicyclic) bond motifs is 2. The quantitative estimate of drug-likeness (QED) is 0.701. The number of methoxy groups -OCH3 is 1. The van der Waals surface area contributed by atoms with Crippen molar-refractivity contribution in [2.75, 3.05) is 7.11 Å². The first kappa shape index (κ1) is 11.2. The van der Waals surface area contributed by atoms with Crippen molar-refractivity contribution >= 4 is 22.8 Å². The molecular weight excluding hydrogens is 242 g/mol. The van der Waals surface area contributed by atoms with Crippen LogP contribution in [0.3, 0.4) is 0 Å². The highest BCUT2D eigenvalue weighted by Gasteiger charge is 2.13. The highest BCUT2D eigenvalue weighted by atomic mass is 32.2. The van der Waals surface area contributed by atoms with Gasteiger partial charge >= 0.3 is 0 Å². The van der Waals surface area contributed by atoms with E-state index in [1.54, 1.807) is 7.11 Å². The highest BCUT2D eigenvalue weighted by molar-refractivity contribution is 7.86. The Morgan fingerprint density at radius 1 is 0.944 bits per heavy atom. The molecule has 1 unspecified atom stereocenters. The molecule has 18 heavy (non-hydrogen) atoms. The molecule has 1 N–H and O–H groups in total. The molecule has 2 aromatic carbocycles. The minimum atomic E-state index is -0.636. The molecule has 3 rings (SSSR count). The number of nitrogens with one attached hydrogen (secondary N) is 1. The van der Waals surface area contributed by atoms with E-state index in [2.05, 4.69) is 18.2 Å². The Labute approximate surface area is 109 Å². The molecule has 1 atom stereocenters. The molecule has 0 saturated heterocycles. The summed E-state index contributed by atoms with van der Waals surface area (Å²) in [5.74, 6) is 0.835. The first-order valence-corrected chi connectivity index (χ1v) is 6.93. The summed E-state index contributed by atoms with van der Waals surface area (Å²) >= 11 is 0. The predicted molar refractivity (Wildman–Crippen MR) is 75.0 cm³/mol. The van der Waals surface area contributed by atoms with Crippen LogP contribution in [0.15, 0.2) is 52.3 Å². The third kappa shape index (κ3) is 1.77.